The lowest BCUT2D eigenvalue weighted by molar-refractivity contribution is -0.130. The van der Waals surface area contributed by atoms with Crippen LogP contribution < -0.4 is 9.64 Å². The van der Waals surface area contributed by atoms with Gasteiger partial charge >= 0.3 is 0 Å². The summed E-state index contributed by atoms with van der Waals surface area (Å²) >= 11 is 1.59. The van der Waals surface area contributed by atoms with E-state index in [2.05, 4.69) is 16.0 Å². The minimum Gasteiger partial charge on any atom is -0.492 e. The average Bonchev–Trinajstić information content (AvgIpc) is 3.24. The van der Waals surface area contributed by atoms with Gasteiger partial charge in [0, 0.05) is 37.1 Å². The van der Waals surface area contributed by atoms with Crippen molar-refractivity contribution in [1.29, 1.82) is 0 Å². The van der Waals surface area contributed by atoms with Crippen molar-refractivity contribution in [2.24, 2.45) is 0 Å². The van der Waals surface area contributed by atoms with Crippen molar-refractivity contribution in [3.8, 4) is 16.3 Å². The van der Waals surface area contributed by atoms with Crippen molar-refractivity contribution in [3.05, 3.63) is 65.7 Å². The molecule has 1 fully saturated rings. The van der Waals surface area contributed by atoms with Crippen molar-refractivity contribution < 1.29 is 9.53 Å². The summed E-state index contributed by atoms with van der Waals surface area (Å²) in [6, 6.07) is 18.2. The van der Waals surface area contributed by atoms with E-state index in [-0.39, 0.29) is 5.91 Å². The predicted octanol–water partition coefficient (Wildman–Crippen LogP) is 4.10. The smallest absolute Gasteiger partial charge is 0.228 e. The molecule has 150 valence electrons. The van der Waals surface area contributed by atoms with Crippen LogP contribution in [0.1, 0.15) is 12.6 Å². The average molecular weight is 408 g/mol. The molecular weight excluding hydrogens is 382 g/mol. The van der Waals surface area contributed by atoms with Crippen molar-refractivity contribution in [3.63, 3.8) is 0 Å². The molecule has 1 aromatic heterocycles. The van der Waals surface area contributed by atoms with Crippen molar-refractivity contribution in [1.82, 2.24) is 9.88 Å². The van der Waals surface area contributed by atoms with Gasteiger partial charge in [0.05, 0.1) is 24.4 Å². The zero-order valence-corrected chi connectivity index (χ0v) is 17.4. The second-order valence-electron chi connectivity index (χ2n) is 6.96. The highest BCUT2D eigenvalue weighted by atomic mass is 32.1. The SMILES string of the molecule is CCOc1ccccc1N1CCN(C(=O)Cc2csc(-c3ccccc3)n2)CC1. The van der Waals surface area contributed by atoms with Gasteiger partial charge in [0.15, 0.2) is 0 Å². The Kier molecular flexibility index (Phi) is 6.10. The van der Waals surface area contributed by atoms with Crippen LogP contribution in [-0.4, -0.2) is 48.6 Å². The van der Waals surface area contributed by atoms with Gasteiger partial charge in [-0.25, -0.2) is 4.98 Å². The van der Waals surface area contributed by atoms with Gasteiger partial charge in [0.25, 0.3) is 0 Å². The molecule has 3 aromatic rings. The maximum atomic E-state index is 12.8. The predicted molar refractivity (Wildman–Crippen MR) is 118 cm³/mol. The number of rotatable bonds is 6. The molecular formula is C23H25N3O2S. The molecule has 4 rings (SSSR count). The van der Waals surface area contributed by atoms with Gasteiger partial charge in [-0.3, -0.25) is 4.79 Å². The third-order valence-corrected chi connectivity index (χ3v) is 5.98. The van der Waals surface area contributed by atoms with Gasteiger partial charge < -0.3 is 14.5 Å². The summed E-state index contributed by atoms with van der Waals surface area (Å²) in [4.78, 5) is 21.7. The summed E-state index contributed by atoms with van der Waals surface area (Å²) in [5.74, 6) is 1.05. The van der Waals surface area contributed by atoms with Gasteiger partial charge in [-0.05, 0) is 19.1 Å². The Hall–Kier alpha value is -2.86. The van der Waals surface area contributed by atoms with Gasteiger partial charge in [0.2, 0.25) is 5.91 Å². The van der Waals surface area contributed by atoms with E-state index in [0.717, 1.165) is 53.9 Å². The van der Waals surface area contributed by atoms with E-state index in [4.69, 9.17) is 4.74 Å². The highest BCUT2D eigenvalue weighted by Crippen LogP contribution is 2.29. The lowest BCUT2D eigenvalue weighted by atomic mass is 10.2. The topological polar surface area (TPSA) is 45.7 Å². The van der Waals surface area contributed by atoms with E-state index >= 15 is 0 Å². The summed E-state index contributed by atoms with van der Waals surface area (Å²) in [5.41, 5.74) is 3.05. The zero-order valence-electron chi connectivity index (χ0n) is 16.6. The number of para-hydroxylation sites is 2. The Balaban J connectivity index is 1.35. The summed E-state index contributed by atoms with van der Waals surface area (Å²) in [7, 11) is 0. The van der Waals surface area contributed by atoms with E-state index in [1.807, 2.05) is 65.7 Å². The molecule has 0 bridgehead atoms. The largest absolute Gasteiger partial charge is 0.492 e. The molecule has 2 heterocycles. The fourth-order valence-corrected chi connectivity index (χ4v) is 4.39. The molecule has 5 nitrogen and oxygen atoms in total. The van der Waals surface area contributed by atoms with Crippen LogP contribution in [0.15, 0.2) is 60.0 Å². The van der Waals surface area contributed by atoms with Gasteiger partial charge in [-0.2, -0.15) is 0 Å². The zero-order chi connectivity index (χ0) is 20.1. The standard InChI is InChI=1S/C23H25N3O2S/c1-2-28-21-11-7-6-10-20(21)25-12-14-26(15-13-25)22(27)16-19-17-29-23(24-19)18-8-4-3-5-9-18/h3-11,17H,2,12-16H2,1H3. The number of piperazine rings is 1. The molecule has 0 N–H and O–H groups in total. The summed E-state index contributed by atoms with van der Waals surface area (Å²) in [6.07, 6.45) is 0.360. The fourth-order valence-electron chi connectivity index (χ4n) is 3.56. The molecule has 0 radical (unpaired) electrons. The summed E-state index contributed by atoms with van der Waals surface area (Å²) < 4.78 is 5.75. The second-order valence-corrected chi connectivity index (χ2v) is 7.81. The van der Waals surface area contributed by atoms with Gasteiger partial charge in [-0.1, -0.05) is 42.5 Å². The first-order valence-electron chi connectivity index (χ1n) is 9.99. The van der Waals surface area contributed by atoms with Crippen LogP contribution in [0.3, 0.4) is 0 Å². The first-order chi connectivity index (χ1) is 14.2. The number of benzene rings is 2. The number of nitrogens with zero attached hydrogens (tertiary/aromatic N) is 3. The number of hydrogen-bond donors (Lipinski definition) is 0. The third-order valence-electron chi connectivity index (χ3n) is 5.04. The molecule has 0 unspecified atom stereocenters. The number of carbonyl (C=O) groups is 1. The van der Waals surface area contributed by atoms with Crippen LogP contribution >= 0.6 is 11.3 Å². The van der Waals surface area contributed by atoms with Crippen LogP contribution in [0.4, 0.5) is 5.69 Å². The number of anilines is 1. The molecule has 0 saturated carbocycles. The Labute approximate surface area is 175 Å². The van der Waals surface area contributed by atoms with Crippen LogP contribution in [0.2, 0.25) is 0 Å². The number of amides is 1. The van der Waals surface area contributed by atoms with E-state index in [1.54, 1.807) is 11.3 Å². The van der Waals surface area contributed by atoms with Crippen molar-refractivity contribution in [2.45, 2.75) is 13.3 Å². The van der Waals surface area contributed by atoms with E-state index < -0.39 is 0 Å². The molecule has 1 saturated heterocycles. The van der Waals surface area contributed by atoms with Crippen molar-refractivity contribution in [2.75, 3.05) is 37.7 Å². The Bertz CT molecular complexity index is 950. The molecule has 0 aliphatic carbocycles. The van der Waals surface area contributed by atoms with E-state index in [9.17, 15) is 4.79 Å². The number of carbonyl (C=O) groups excluding carboxylic acids is 1. The molecule has 1 amide bonds. The van der Waals surface area contributed by atoms with Crippen LogP contribution in [0.25, 0.3) is 10.6 Å². The lowest BCUT2D eigenvalue weighted by Gasteiger charge is -2.36. The monoisotopic (exact) mass is 407 g/mol. The third kappa shape index (κ3) is 4.59. The highest BCUT2D eigenvalue weighted by molar-refractivity contribution is 7.13. The highest BCUT2D eigenvalue weighted by Gasteiger charge is 2.23. The Morgan fingerprint density at radius 1 is 1.03 bits per heavy atom. The molecule has 0 spiro atoms. The molecule has 2 aromatic carbocycles. The normalized spacial score (nSPS) is 14.1. The molecule has 29 heavy (non-hydrogen) atoms. The minimum atomic E-state index is 0.146. The Morgan fingerprint density at radius 3 is 2.52 bits per heavy atom. The number of ether oxygens (including phenoxy) is 1. The van der Waals surface area contributed by atoms with Gasteiger partial charge in [-0.15, -0.1) is 11.3 Å². The lowest BCUT2D eigenvalue weighted by Crippen LogP contribution is -2.49. The molecule has 1 aliphatic heterocycles. The quantitative estimate of drug-likeness (QED) is 0.617. The first kappa shape index (κ1) is 19.5. The molecule has 6 heteroatoms. The van der Waals surface area contributed by atoms with Gasteiger partial charge in [0.1, 0.15) is 10.8 Å². The van der Waals surface area contributed by atoms with E-state index in [0.29, 0.717) is 13.0 Å². The maximum Gasteiger partial charge on any atom is 0.228 e. The maximum absolute atomic E-state index is 12.8. The summed E-state index contributed by atoms with van der Waals surface area (Å²) in [6.45, 7) is 5.69. The fraction of sp³-hybridized carbons (Fsp3) is 0.304. The second kappa shape index (κ2) is 9.09. The minimum absolute atomic E-state index is 0.146. The van der Waals surface area contributed by atoms with Crippen LogP contribution in [0.5, 0.6) is 5.75 Å². The Morgan fingerprint density at radius 2 is 1.76 bits per heavy atom. The van der Waals surface area contributed by atoms with Crippen molar-refractivity contribution >= 4 is 22.9 Å². The molecule has 0 atom stereocenters. The number of thiazole rings is 1. The van der Waals surface area contributed by atoms with Crippen LogP contribution in [0, 0.1) is 0 Å². The number of aromatic nitrogens is 1. The van der Waals surface area contributed by atoms with Crippen LogP contribution in [-0.2, 0) is 11.2 Å². The van der Waals surface area contributed by atoms with E-state index in [1.165, 1.54) is 0 Å². The molecule has 1 aliphatic rings. The first-order valence-corrected chi connectivity index (χ1v) is 10.9. The number of hydrogen-bond acceptors (Lipinski definition) is 5. The summed E-state index contributed by atoms with van der Waals surface area (Å²) in [5, 5.41) is 2.96.